The van der Waals surface area contributed by atoms with E-state index in [9.17, 15) is 26.7 Å². The van der Waals surface area contributed by atoms with Crippen molar-refractivity contribution in [1.82, 2.24) is 10.3 Å². The van der Waals surface area contributed by atoms with Crippen LogP contribution >= 0.6 is 11.6 Å². The van der Waals surface area contributed by atoms with Crippen molar-refractivity contribution >= 4 is 17.6 Å². The number of ether oxygens (including phenoxy) is 1. The van der Waals surface area contributed by atoms with Gasteiger partial charge in [0.05, 0.1) is 5.02 Å². The summed E-state index contributed by atoms with van der Waals surface area (Å²) in [4.78, 5) is 13.5. The fourth-order valence-corrected chi connectivity index (χ4v) is 2.02. The lowest BCUT2D eigenvalue weighted by atomic mass is 9.97. The molecule has 0 aliphatic heterocycles. The van der Waals surface area contributed by atoms with E-state index in [1.165, 1.54) is 13.2 Å². The first-order valence-corrected chi connectivity index (χ1v) is 12.4. The van der Waals surface area contributed by atoms with E-state index in [2.05, 4.69) is 46.8 Å². The molecule has 0 saturated carbocycles. The Morgan fingerprint density at radius 2 is 1.63 bits per heavy atom. The molecule has 1 atom stereocenters. The first-order valence-electron chi connectivity index (χ1n) is 12.1. The number of primary amides is 1. The summed E-state index contributed by atoms with van der Waals surface area (Å²) in [5.74, 6) is -2.06. The molecule has 1 heterocycles. The number of terminal acetylenes is 1. The van der Waals surface area contributed by atoms with Gasteiger partial charge in [0, 0.05) is 30.9 Å². The first kappa shape index (κ1) is 44.2. The van der Waals surface area contributed by atoms with Crippen molar-refractivity contribution in [2.45, 2.75) is 60.0 Å². The van der Waals surface area contributed by atoms with Crippen LogP contribution in [-0.2, 0) is 0 Å². The molecule has 3 N–H and O–H groups in total. The molecule has 1 aromatic heterocycles. The third kappa shape index (κ3) is 23.7. The van der Waals surface area contributed by atoms with Crippen molar-refractivity contribution < 1.29 is 31.5 Å². The number of allylic oxidation sites excluding steroid dienone is 4. The third-order valence-electron chi connectivity index (χ3n) is 4.02. The number of nitrogens with one attached hydrogen (secondary N) is 1. The van der Waals surface area contributed by atoms with Gasteiger partial charge in [-0.25, -0.2) is 9.18 Å². The summed E-state index contributed by atoms with van der Waals surface area (Å²) in [6, 6.07) is 5.44. The highest BCUT2D eigenvalue weighted by Gasteiger charge is 2.44. The molecule has 2 amide bonds. The average molecular weight is 606 g/mol. The summed E-state index contributed by atoms with van der Waals surface area (Å²) in [5.41, 5.74) is 6.32. The summed E-state index contributed by atoms with van der Waals surface area (Å²) in [6.07, 6.45) is 6.38. The van der Waals surface area contributed by atoms with Gasteiger partial charge in [0.15, 0.2) is 0 Å². The zero-order valence-electron chi connectivity index (χ0n) is 24.5. The Morgan fingerprint density at radius 3 is 1.95 bits per heavy atom. The fraction of sp³-hybridized carbons (Fsp3) is 0.333. The maximum absolute atomic E-state index is 13.6. The predicted octanol–water partition coefficient (Wildman–Crippen LogP) is 9.15. The van der Waals surface area contributed by atoms with Crippen LogP contribution in [0.2, 0.25) is 5.02 Å². The number of alkyl halides is 4. The molecule has 0 saturated heterocycles. The van der Waals surface area contributed by atoms with Crippen LogP contribution in [0.4, 0.5) is 26.7 Å². The van der Waals surface area contributed by atoms with E-state index in [0.29, 0.717) is 16.8 Å². The van der Waals surface area contributed by atoms with E-state index in [-0.39, 0.29) is 5.56 Å². The molecule has 5 nitrogen and oxygen atoms in total. The van der Waals surface area contributed by atoms with E-state index in [1.807, 2.05) is 46.8 Å². The largest absolute Gasteiger partial charge is 0.461 e. The Balaban J connectivity index is -0.000000312. The molecule has 0 aliphatic carbocycles. The lowest BCUT2D eigenvalue weighted by molar-refractivity contribution is -0.253. The van der Waals surface area contributed by atoms with Crippen molar-refractivity contribution in [1.29, 1.82) is 0 Å². The molecule has 0 radical (unpaired) electrons. The minimum absolute atomic E-state index is 0.250. The molecule has 1 aromatic carbocycles. The average Bonchev–Trinajstić information content (AvgIpc) is 2.95. The summed E-state index contributed by atoms with van der Waals surface area (Å²) in [7, 11) is 1.47. The van der Waals surface area contributed by atoms with Crippen LogP contribution in [-0.4, -0.2) is 30.6 Å². The van der Waals surface area contributed by atoms with Crippen LogP contribution < -0.4 is 15.8 Å². The van der Waals surface area contributed by atoms with E-state index in [0.717, 1.165) is 17.7 Å². The molecule has 1 unspecified atom stereocenters. The van der Waals surface area contributed by atoms with Gasteiger partial charge in [-0.3, -0.25) is 4.98 Å². The molecule has 0 spiro atoms. The predicted molar refractivity (Wildman–Crippen MR) is 160 cm³/mol. The number of hydrogen-bond acceptors (Lipinski definition) is 3. The second kappa shape index (κ2) is 26.4. The van der Waals surface area contributed by atoms with Gasteiger partial charge in [-0.2, -0.15) is 17.6 Å². The van der Waals surface area contributed by atoms with E-state index >= 15 is 0 Å². The van der Waals surface area contributed by atoms with E-state index in [1.54, 1.807) is 25.1 Å². The van der Waals surface area contributed by atoms with Gasteiger partial charge in [0.1, 0.15) is 11.6 Å². The quantitative estimate of drug-likeness (QED) is 0.149. The van der Waals surface area contributed by atoms with Crippen LogP contribution in [0.25, 0.3) is 0 Å². The van der Waals surface area contributed by atoms with Crippen molar-refractivity contribution in [3.8, 4) is 18.6 Å². The molecule has 0 bridgehead atoms. The summed E-state index contributed by atoms with van der Waals surface area (Å²) < 4.78 is 67.7. The minimum atomic E-state index is -4.70. The Hall–Kier alpha value is -3.84. The van der Waals surface area contributed by atoms with E-state index < -0.39 is 36.0 Å². The number of amides is 2. The fourth-order valence-electron chi connectivity index (χ4n) is 1.91. The highest BCUT2D eigenvalue weighted by atomic mass is 35.5. The van der Waals surface area contributed by atoms with Gasteiger partial charge in [-0.1, -0.05) is 69.3 Å². The number of pyridine rings is 1. The molecule has 2 aromatic rings. The van der Waals surface area contributed by atoms with Crippen molar-refractivity contribution in [2.75, 3.05) is 7.05 Å². The van der Waals surface area contributed by atoms with Gasteiger partial charge in [-0.15, -0.1) is 12.8 Å². The summed E-state index contributed by atoms with van der Waals surface area (Å²) >= 11 is 5.72. The Labute approximate surface area is 246 Å². The van der Waals surface area contributed by atoms with Crippen LogP contribution in [0.15, 0.2) is 73.5 Å². The second-order valence-corrected chi connectivity index (χ2v) is 7.58. The number of nitrogens with zero attached hydrogens (tertiary/aromatic N) is 1. The lowest BCUT2D eigenvalue weighted by Crippen LogP contribution is -2.33. The number of nitrogens with two attached hydrogens (primary N) is 1. The topological polar surface area (TPSA) is 77.2 Å². The van der Waals surface area contributed by atoms with Crippen molar-refractivity contribution in [3.05, 3.63) is 95.6 Å². The number of benzene rings is 1. The number of rotatable bonds is 6. The van der Waals surface area contributed by atoms with Crippen LogP contribution in [0.1, 0.15) is 58.7 Å². The molecular weight excluding hydrogens is 565 g/mol. The van der Waals surface area contributed by atoms with Gasteiger partial charge < -0.3 is 15.8 Å². The van der Waals surface area contributed by atoms with E-state index in [4.69, 9.17) is 11.6 Å². The molecule has 11 heteroatoms. The molecule has 0 fully saturated rings. The highest BCUT2D eigenvalue weighted by Crippen LogP contribution is 2.32. The molecule has 41 heavy (non-hydrogen) atoms. The SMILES string of the molecule is C#C.C/C=C\C.C=CC(=C)C.CC.CC(c1cc(F)cc(OC(F)(F)C(F)F)c1)c1ccc(Cl)cn1.CNC(N)=O. The van der Waals surface area contributed by atoms with Crippen LogP contribution in [0, 0.1) is 18.7 Å². The van der Waals surface area contributed by atoms with Crippen LogP contribution in [0.5, 0.6) is 5.75 Å². The first-order chi connectivity index (χ1) is 19.1. The number of carbonyl (C=O) groups excluding carboxylic acids is 1. The van der Waals surface area contributed by atoms with Crippen molar-refractivity contribution in [2.24, 2.45) is 5.73 Å². The number of hydrogen-bond donors (Lipinski definition) is 2. The zero-order valence-corrected chi connectivity index (χ0v) is 25.3. The molecule has 0 aliphatic rings. The highest BCUT2D eigenvalue weighted by molar-refractivity contribution is 6.30. The maximum atomic E-state index is 13.6. The van der Waals surface area contributed by atoms with Crippen LogP contribution in [0.3, 0.4) is 0 Å². The smallest absolute Gasteiger partial charge is 0.428 e. The summed E-state index contributed by atoms with van der Waals surface area (Å²) in [6.45, 7) is 18.6. The van der Waals surface area contributed by atoms with Gasteiger partial charge >= 0.3 is 18.6 Å². The number of carbonyl (C=O) groups is 1. The summed E-state index contributed by atoms with van der Waals surface area (Å²) in [5, 5.41) is 2.57. The lowest BCUT2D eigenvalue weighted by Gasteiger charge is -2.18. The minimum Gasteiger partial charge on any atom is -0.428 e. The monoisotopic (exact) mass is 605 g/mol. The normalized spacial score (nSPS) is 10.1. The molecule has 2 rings (SSSR count). The number of urea groups is 1. The Bertz CT molecular complexity index is 1040. The van der Waals surface area contributed by atoms with Gasteiger partial charge in [0.2, 0.25) is 0 Å². The molecule has 230 valence electrons. The second-order valence-electron chi connectivity index (χ2n) is 7.14. The van der Waals surface area contributed by atoms with Crippen molar-refractivity contribution in [3.63, 3.8) is 0 Å². The zero-order chi connectivity index (χ0) is 33.2. The standard InChI is InChI=1S/C15H11ClF5NO.C5H8.C4H8.C2H6N2O.C2H6.C2H2/c1-8(13-3-2-10(16)7-22-13)9-4-11(17)6-12(5-9)23-15(20,21)14(18)19;1-4-5(2)3;1-3-4-2;1-4-2(3)5;2*1-2/h2-8,14H,1H3;4H,1-2H2,3H3;3-4H,1-2H3;1H3,(H3,3,4,5);1-2H3;1-2H/b;;4-3-;;;. The maximum Gasteiger partial charge on any atom is 0.461 e. The Morgan fingerprint density at radius 1 is 1.17 bits per heavy atom. The third-order valence-corrected chi connectivity index (χ3v) is 4.25. The number of aromatic nitrogens is 1. The Kier molecular flexibility index (Phi) is 28.4. The van der Waals surface area contributed by atoms with Gasteiger partial charge in [0.25, 0.3) is 0 Å². The number of halogens is 6. The molecular formula is C30H41ClF5N3O2. The van der Waals surface area contributed by atoms with Gasteiger partial charge in [-0.05, 0) is 50.6 Å².